The van der Waals surface area contributed by atoms with E-state index in [2.05, 4.69) is 176 Å². The van der Waals surface area contributed by atoms with Crippen LogP contribution in [0.3, 0.4) is 0 Å². The standard InChI is InChI=1S/C59H40N4O/c1-37-13-11-19-41(31-37)45-23-27-47-48-28-24-46(42-20-12-14-38(2)32-42)36-54(48)63(53(47)35-45)52-29-25-43(44-26-30-56-50(33-44)49-21-9-10-22-55(49)64-56)34-51(52)59-61-57(39-15-5-3-6-16-39)60-58(62-59)40-17-7-4-8-18-40/h3-36H,1-2H3. The fourth-order valence-corrected chi connectivity index (χ4v) is 9.21. The molecule has 0 fully saturated rings. The van der Waals surface area contributed by atoms with Gasteiger partial charge in [-0.05, 0) is 89.7 Å². The van der Waals surface area contributed by atoms with Gasteiger partial charge in [0.2, 0.25) is 0 Å². The molecule has 3 heterocycles. The Balaban J connectivity index is 1.17. The molecular formula is C59H40N4O. The molecule has 12 aromatic rings. The maximum absolute atomic E-state index is 6.26. The Morgan fingerprint density at radius 3 is 1.41 bits per heavy atom. The van der Waals surface area contributed by atoms with Crippen molar-refractivity contribution >= 4 is 43.7 Å². The lowest BCUT2D eigenvalue weighted by Gasteiger charge is -2.17. The molecule has 64 heavy (non-hydrogen) atoms. The molecule has 0 amide bonds. The highest BCUT2D eigenvalue weighted by molar-refractivity contribution is 6.12. The van der Waals surface area contributed by atoms with Gasteiger partial charge in [-0.2, -0.15) is 0 Å². The van der Waals surface area contributed by atoms with Gasteiger partial charge in [0, 0.05) is 38.2 Å². The fraction of sp³-hybridized carbons (Fsp3) is 0.0339. The number of aryl methyl sites for hydroxylation is 2. The summed E-state index contributed by atoms with van der Waals surface area (Å²) in [4.78, 5) is 15.8. The summed E-state index contributed by atoms with van der Waals surface area (Å²) < 4.78 is 8.68. The molecule has 0 aliphatic heterocycles. The largest absolute Gasteiger partial charge is 0.456 e. The normalized spacial score (nSPS) is 11.6. The van der Waals surface area contributed by atoms with Crippen LogP contribution in [0.5, 0.6) is 0 Å². The van der Waals surface area contributed by atoms with Crippen LogP contribution >= 0.6 is 0 Å². The lowest BCUT2D eigenvalue weighted by atomic mass is 9.99. The first-order chi connectivity index (χ1) is 31.5. The highest BCUT2D eigenvalue weighted by atomic mass is 16.3. The molecule has 0 bridgehead atoms. The minimum absolute atomic E-state index is 0.582. The minimum atomic E-state index is 0.582. The third-order valence-corrected chi connectivity index (χ3v) is 12.4. The Morgan fingerprint density at radius 2 is 0.797 bits per heavy atom. The van der Waals surface area contributed by atoms with Crippen molar-refractivity contribution in [1.29, 1.82) is 0 Å². The molecule has 12 rings (SSSR count). The van der Waals surface area contributed by atoms with E-state index in [0.717, 1.165) is 77.6 Å². The van der Waals surface area contributed by atoms with E-state index in [9.17, 15) is 0 Å². The molecule has 0 radical (unpaired) electrons. The maximum atomic E-state index is 6.26. The van der Waals surface area contributed by atoms with Gasteiger partial charge in [-0.1, -0.05) is 175 Å². The van der Waals surface area contributed by atoms with Crippen LogP contribution in [0.4, 0.5) is 0 Å². The molecule has 302 valence electrons. The molecule has 0 unspecified atom stereocenters. The van der Waals surface area contributed by atoms with Gasteiger partial charge in [0.15, 0.2) is 17.5 Å². The molecule has 5 nitrogen and oxygen atoms in total. The average Bonchev–Trinajstić information content (AvgIpc) is 3.89. The first-order valence-electron chi connectivity index (χ1n) is 21.7. The lowest BCUT2D eigenvalue weighted by Crippen LogP contribution is -2.04. The Morgan fingerprint density at radius 1 is 0.328 bits per heavy atom. The van der Waals surface area contributed by atoms with Crippen molar-refractivity contribution < 1.29 is 4.42 Å². The van der Waals surface area contributed by atoms with E-state index in [1.165, 1.54) is 33.0 Å². The van der Waals surface area contributed by atoms with Gasteiger partial charge in [-0.15, -0.1) is 0 Å². The third kappa shape index (κ3) is 6.54. The number of nitrogens with zero attached hydrogens (tertiary/aromatic N) is 4. The van der Waals surface area contributed by atoms with Crippen LogP contribution < -0.4 is 0 Å². The SMILES string of the molecule is Cc1cccc(-c2ccc3c4ccc(-c5cccc(C)c5)cc4n(-c4ccc(-c5ccc6oc7ccccc7c6c5)cc4-c4nc(-c5ccccc5)nc(-c5ccccc5)n4)c3c2)c1. The molecule has 9 aromatic carbocycles. The zero-order valence-electron chi connectivity index (χ0n) is 35.3. The van der Waals surface area contributed by atoms with Crippen LogP contribution in [-0.2, 0) is 0 Å². The molecule has 0 atom stereocenters. The monoisotopic (exact) mass is 820 g/mol. The van der Waals surface area contributed by atoms with Gasteiger partial charge in [0.25, 0.3) is 0 Å². The fourth-order valence-electron chi connectivity index (χ4n) is 9.21. The summed E-state index contributed by atoms with van der Waals surface area (Å²) in [5, 5.41) is 4.50. The average molecular weight is 821 g/mol. The quantitative estimate of drug-likeness (QED) is 0.161. The Bertz CT molecular complexity index is 3590. The van der Waals surface area contributed by atoms with E-state index in [0.29, 0.717) is 17.5 Å². The zero-order chi connectivity index (χ0) is 42.7. The molecule has 0 saturated carbocycles. The predicted molar refractivity (Wildman–Crippen MR) is 264 cm³/mol. The second kappa shape index (κ2) is 15.2. The molecule has 0 saturated heterocycles. The number of rotatable bonds is 7. The summed E-state index contributed by atoms with van der Waals surface area (Å²) >= 11 is 0. The summed E-state index contributed by atoms with van der Waals surface area (Å²) in [7, 11) is 0. The van der Waals surface area contributed by atoms with Crippen molar-refractivity contribution in [2.24, 2.45) is 0 Å². The zero-order valence-corrected chi connectivity index (χ0v) is 35.3. The number of fused-ring (bicyclic) bond motifs is 6. The topological polar surface area (TPSA) is 56.7 Å². The van der Waals surface area contributed by atoms with E-state index < -0.39 is 0 Å². The maximum Gasteiger partial charge on any atom is 0.166 e. The van der Waals surface area contributed by atoms with E-state index in [-0.39, 0.29) is 0 Å². The number of benzene rings is 9. The van der Waals surface area contributed by atoms with Crippen LogP contribution in [0.2, 0.25) is 0 Å². The summed E-state index contributed by atoms with van der Waals surface area (Å²) in [5.41, 5.74) is 16.8. The molecule has 0 N–H and O–H groups in total. The first kappa shape index (κ1) is 37.4. The van der Waals surface area contributed by atoms with E-state index in [1.54, 1.807) is 0 Å². The number of hydrogen-bond acceptors (Lipinski definition) is 4. The summed E-state index contributed by atoms with van der Waals surface area (Å²) in [5.74, 6) is 1.80. The van der Waals surface area contributed by atoms with E-state index >= 15 is 0 Å². The molecular weight excluding hydrogens is 781 g/mol. The van der Waals surface area contributed by atoms with Crippen molar-refractivity contribution in [1.82, 2.24) is 19.5 Å². The smallest absolute Gasteiger partial charge is 0.166 e. The number of hydrogen-bond donors (Lipinski definition) is 0. The second-order valence-corrected chi connectivity index (χ2v) is 16.6. The number of aromatic nitrogens is 4. The number of furan rings is 1. The first-order valence-corrected chi connectivity index (χ1v) is 21.7. The highest BCUT2D eigenvalue weighted by Crippen LogP contribution is 2.42. The van der Waals surface area contributed by atoms with Gasteiger partial charge in [-0.3, -0.25) is 0 Å². The number of para-hydroxylation sites is 1. The Hall–Kier alpha value is -8.41. The van der Waals surface area contributed by atoms with Gasteiger partial charge >= 0.3 is 0 Å². The van der Waals surface area contributed by atoms with E-state index in [1.807, 2.05) is 48.5 Å². The van der Waals surface area contributed by atoms with Gasteiger partial charge < -0.3 is 8.98 Å². The predicted octanol–water partition coefficient (Wildman–Crippen LogP) is 15.5. The Labute approximate surface area is 370 Å². The summed E-state index contributed by atoms with van der Waals surface area (Å²) in [6.07, 6.45) is 0. The van der Waals surface area contributed by atoms with Gasteiger partial charge in [-0.25, -0.2) is 15.0 Å². The molecule has 0 spiro atoms. The lowest BCUT2D eigenvalue weighted by molar-refractivity contribution is 0.669. The summed E-state index contributed by atoms with van der Waals surface area (Å²) in [6, 6.07) is 73.0. The second-order valence-electron chi connectivity index (χ2n) is 16.6. The molecule has 0 aliphatic carbocycles. The van der Waals surface area contributed by atoms with Crippen molar-refractivity contribution in [3.8, 4) is 73.2 Å². The van der Waals surface area contributed by atoms with Crippen molar-refractivity contribution in [3.05, 3.63) is 217 Å². The van der Waals surface area contributed by atoms with Crippen molar-refractivity contribution in [3.63, 3.8) is 0 Å². The van der Waals surface area contributed by atoms with Crippen LogP contribution in [0.1, 0.15) is 11.1 Å². The van der Waals surface area contributed by atoms with Crippen molar-refractivity contribution in [2.45, 2.75) is 13.8 Å². The minimum Gasteiger partial charge on any atom is -0.456 e. The van der Waals surface area contributed by atoms with E-state index in [4.69, 9.17) is 19.4 Å². The molecule has 0 aliphatic rings. The summed E-state index contributed by atoms with van der Waals surface area (Å²) in [6.45, 7) is 4.29. The third-order valence-electron chi connectivity index (χ3n) is 12.4. The molecule has 3 aromatic heterocycles. The van der Waals surface area contributed by atoms with Crippen LogP contribution in [-0.4, -0.2) is 19.5 Å². The van der Waals surface area contributed by atoms with Crippen LogP contribution in [0.15, 0.2) is 211 Å². The highest BCUT2D eigenvalue weighted by Gasteiger charge is 2.22. The van der Waals surface area contributed by atoms with Crippen LogP contribution in [0.25, 0.3) is 117 Å². The van der Waals surface area contributed by atoms with Gasteiger partial charge in [0.1, 0.15) is 11.2 Å². The van der Waals surface area contributed by atoms with Crippen LogP contribution in [0, 0.1) is 13.8 Å². The van der Waals surface area contributed by atoms with Crippen molar-refractivity contribution in [2.75, 3.05) is 0 Å². The molecule has 5 heteroatoms. The Kier molecular flexibility index (Phi) is 8.87. The van der Waals surface area contributed by atoms with Gasteiger partial charge in [0.05, 0.1) is 16.7 Å².